The van der Waals surface area contributed by atoms with Crippen LogP contribution < -0.4 is 0 Å². The second-order valence-corrected chi connectivity index (χ2v) is 4.80. The lowest BCUT2D eigenvalue weighted by atomic mass is 9.83. The van der Waals surface area contributed by atoms with E-state index < -0.39 is 5.60 Å². The van der Waals surface area contributed by atoms with Gasteiger partial charge in [0, 0.05) is 13.3 Å². The predicted octanol–water partition coefficient (Wildman–Crippen LogP) is 2.21. The molecule has 0 N–H and O–H groups in total. The zero-order valence-corrected chi connectivity index (χ0v) is 9.58. The molecular weight excluding hydrogens is 192 g/mol. The molecule has 0 aromatic heterocycles. The SMILES string of the molecule is CC(=O)OC1(C=C(C)C)CC2CCC1O2. The van der Waals surface area contributed by atoms with E-state index in [0.29, 0.717) is 0 Å². The van der Waals surface area contributed by atoms with E-state index in [4.69, 9.17) is 9.47 Å². The number of rotatable bonds is 2. The molecule has 2 saturated heterocycles. The van der Waals surface area contributed by atoms with Gasteiger partial charge in [0.2, 0.25) is 0 Å². The minimum absolute atomic E-state index is 0.0706. The molecule has 2 aliphatic heterocycles. The number of esters is 1. The Labute approximate surface area is 90.4 Å². The van der Waals surface area contributed by atoms with Crippen molar-refractivity contribution < 1.29 is 14.3 Å². The first-order valence-corrected chi connectivity index (χ1v) is 5.53. The smallest absolute Gasteiger partial charge is 0.303 e. The summed E-state index contributed by atoms with van der Waals surface area (Å²) in [4.78, 5) is 11.2. The van der Waals surface area contributed by atoms with E-state index in [1.807, 2.05) is 13.8 Å². The maximum absolute atomic E-state index is 11.2. The largest absolute Gasteiger partial charge is 0.452 e. The normalized spacial score (nSPS) is 37.8. The molecule has 2 rings (SSSR count). The second-order valence-electron chi connectivity index (χ2n) is 4.80. The highest BCUT2D eigenvalue weighted by molar-refractivity contribution is 5.67. The van der Waals surface area contributed by atoms with Crippen molar-refractivity contribution in [2.75, 3.05) is 0 Å². The summed E-state index contributed by atoms with van der Waals surface area (Å²) in [5, 5.41) is 0. The summed E-state index contributed by atoms with van der Waals surface area (Å²) in [6.07, 6.45) is 5.33. The van der Waals surface area contributed by atoms with Crippen LogP contribution in [0, 0.1) is 0 Å². The first-order chi connectivity index (χ1) is 7.02. The fraction of sp³-hybridized carbons (Fsp3) is 0.750. The summed E-state index contributed by atoms with van der Waals surface area (Å²) in [7, 11) is 0. The molecule has 3 atom stereocenters. The molecule has 84 valence electrons. The van der Waals surface area contributed by atoms with Gasteiger partial charge < -0.3 is 9.47 Å². The average molecular weight is 210 g/mol. The molecule has 0 aromatic carbocycles. The Hall–Kier alpha value is -0.830. The van der Waals surface area contributed by atoms with Gasteiger partial charge in [0.15, 0.2) is 5.60 Å². The first-order valence-electron chi connectivity index (χ1n) is 5.53. The molecule has 3 heteroatoms. The standard InChI is InChI=1S/C12H18O3/c1-8(2)6-12(15-9(3)13)7-10-4-5-11(12)14-10/h6,10-11H,4-5,7H2,1-3H3. The Morgan fingerprint density at radius 2 is 2.13 bits per heavy atom. The quantitative estimate of drug-likeness (QED) is 0.518. The van der Waals surface area contributed by atoms with E-state index in [-0.39, 0.29) is 18.2 Å². The maximum atomic E-state index is 11.2. The highest BCUT2D eigenvalue weighted by Gasteiger charge is 2.53. The molecule has 0 spiro atoms. The third-order valence-electron chi connectivity index (χ3n) is 3.07. The highest BCUT2D eigenvalue weighted by Crippen LogP contribution is 2.45. The van der Waals surface area contributed by atoms with Gasteiger partial charge in [0.1, 0.15) is 6.10 Å². The van der Waals surface area contributed by atoms with Crippen molar-refractivity contribution in [1.82, 2.24) is 0 Å². The van der Waals surface area contributed by atoms with Gasteiger partial charge in [-0.3, -0.25) is 4.79 Å². The van der Waals surface area contributed by atoms with Crippen LogP contribution in [-0.2, 0) is 14.3 Å². The van der Waals surface area contributed by atoms with Crippen LogP contribution in [0.25, 0.3) is 0 Å². The van der Waals surface area contributed by atoms with Crippen LogP contribution in [0.2, 0.25) is 0 Å². The number of carbonyl (C=O) groups excluding carboxylic acids is 1. The molecule has 3 nitrogen and oxygen atoms in total. The van der Waals surface area contributed by atoms with Crippen molar-refractivity contribution in [2.24, 2.45) is 0 Å². The molecule has 2 aliphatic rings. The number of ether oxygens (including phenoxy) is 2. The van der Waals surface area contributed by atoms with E-state index >= 15 is 0 Å². The van der Waals surface area contributed by atoms with Crippen molar-refractivity contribution in [2.45, 2.75) is 57.8 Å². The highest BCUT2D eigenvalue weighted by atomic mass is 16.6. The van der Waals surface area contributed by atoms with Crippen molar-refractivity contribution >= 4 is 5.97 Å². The fourth-order valence-electron chi connectivity index (χ4n) is 2.75. The monoisotopic (exact) mass is 210 g/mol. The molecular formula is C12H18O3. The van der Waals surface area contributed by atoms with E-state index in [1.54, 1.807) is 0 Å². The molecule has 0 amide bonds. The summed E-state index contributed by atoms with van der Waals surface area (Å²) < 4.78 is 11.3. The van der Waals surface area contributed by atoms with Crippen LogP contribution in [0.3, 0.4) is 0 Å². The summed E-state index contributed by atoms with van der Waals surface area (Å²) in [6.45, 7) is 5.51. The number of hydrogen-bond acceptors (Lipinski definition) is 3. The Kier molecular flexibility index (Phi) is 2.59. The maximum Gasteiger partial charge on any atom is 0.303 e. The Balaban J connectivity index is 2.24. The van der Waals surface area contributed by atoms with Crippen LogP contribution in [0.5, 0.6) is 0 Å². The van der Waals surface area contributed by atoms with Crippen LogP contribution in [-0.4, -0.2) is 23.8 Å². The average Bonchev–Trinajstić information content (AvgIpc) is 2.59. The number of carbonyl (C=O) groups is 1. The van der Waals surface area contributed by atoms with Crippen LogP contribution in [0.4, 0.5) is 0 Å². The Morgan fingerprint density at radius 1 is 1.40 bits per heavy atom. The summed E-state index contributed by atoms with van der Waals surface area (Å²) in [6, 6.07) is 0. The minimum atomic E-state index is -0.479. The zero-order valence-electron chi connectivity index (χ0n) is 9.58. The lowest BCUT2D eigenvalue weighted by Crippen LogP contribution is -2.42. The zero-order chi connectivity index (χ0) is 11.1. The van der Waals surface area contributed by atoms with E-state index in [2.05, 4.69) is 6.08 Å². The van der Waals surface area contributed by atoms with Crippen LogP contribution >= 0.6 is 0 Å². The van der Waals surface area contributed by atoms with E-state index in [1.165, 1.54) is 12.5 Å². The first kappa shape index (κ1) is 10.7. The number of allylic oxidation sites excluding steroid dienone is 1. The molecule has 15 heavy (non-hydrogen) atoms. The minimum Gasteiger partial charge on any atom is -0.452 e. The molecule has 0 radical (unpaired) electrons. The van der Waals surface area contributed by atoms with Crippen molar-refractivity contribution in [3.8, 4) is 0 Å². The van der Waals surface area contributed by atoms with E-state index in [9.17, 15) is 4.79 Å². The molecule has 0 saturated carbocycles. The van der Waals surface area contributed by atoms with Gasteiger partial charge in [-0.25, -0.2) is 0 Å². The molecule has 3 unspecified atom stereocenters. The van der Waals surface area contributed by atoms with Gasteiger partial charge in [0.05, 0.1) is 6.10 Å². The summed E-state index contributed by atoms with van der Waals surface area (Å²) in [5.41, 5.74) is 0.695. The van der Waals surface area contributed by atoms with Gasteiger partial charge in [-0.05, 0) is 32.8 Å². The summed E-state index contributed by atoms with van der Waals surface area (Å²) in [5.74, 6) is -0.219. The molecule has 2 bridgehead atoms. The van der Waals surface area contributed by atoms with Crippen LogP contribution in [0.15, 0.2) is 11.6 Å². The molecule has 2 fully saturated rings. The van der Waals surface area contributed by atoms with Gasteiger partial charge in [-0.1, -0.05) is 5.57 Å². The van der Waals surface area contributed by atoms with Crippen LogP contribution in [0.1, 0.15) is 40.0 Å². The topological polar surface area (TPSA) is 35.5 Å². The second kappa shape index (κ2) is 3.63. The lowest BCUT2D eigenvalue weighted by molar-refractivity contribution is -0.156. The number of hydrogen-bond donors (Lipinski definition) is 0. The molecule has 0 aliphatic carbocycles. The van der Waals surface area contributed by atoms with Gasteiger partial charge in [0.25, 0.3) is 0 Å². The van der Waals surface area contributed by atoms with Gasteiger partial charge in [-0.15, -0.1) is 0 Å². The Morgan fingerprint density at radius 3 is 2.53 bits per heavy atom. The summed E-state index contributed by atoms with van der Waals surface area (Å²) >= 11 is 0. The van der Waals surface area contributed by atoms with E-state index in [0.717, 1.165) is 19.3 Å². The lowest BCUT2D eigenvalue weighted by Gasteiger charge is -2.32. The Bertz CT molecular complexity index is 304. The number of fused-ring (bicyclic) bond motifs is 2. The van der Waals surface area contributed by atoms with Crippen molar-refractivity contribution in [1.29, 1.82) is 0 Å². The van der Waals surface area contributed by atoms with Crippen molar-refractivity contribution in [3.63, 3.8) is 0 Å². The van der Waals surface area contributed by atoms with Crippen molar-refractivity contribution in [3.05, 3.63) is 11.6 Å². The predicted molar refractivity (Wildman–Crippen MR) is 56.4 cm³/mol. The fourth-order valence-corrected chi connectivity index (χ4v) is 2.75. The molecule has 2 heterocycles. The van der Waals surface area contributed by atoms with Gasteiger partial charge in [-0.2, -0.15) is 0 Å². The molecule has 0 aromatic rings. The third-order valence-corrected chi connectivity index (χ3v) is 3.07. The third kappa shape index (κ3) is 1.93. The van der Waals surface area contributed by atoms with Gasteiger partial charge >= 0.3 is 5.97 Å².